The van der Waals surface area contributed by atoms with E-state index >= 15 is 0 Å². The van der Waals surface area contributed by atoms with E-state index in [9.17, 15) is 4.79 Å². The van der Waals surface area contributed by atoms with Crippen LogP contribution in [0.15, 0.2) is 12.2 Å². The van der Waals surface area contributed by atoms with E-state index in [1.165, 1.54) is 11.8 Å². The topological polar surface area (TPSA) is 26.3 Å². The van der Waals surface area contributed by atoms with Crippen LogP contribution < -0.4 is 0 Å². The fraction of sp³-hybridized carbons (Fsp3) is 0.625. The second-order valence-corrected chi connectivity index (χ2v) is 3.76. The first-order chi connectivity index (χ1) is 5.20. The molecule has 1 atom stereocenters. The molecule has 0 aromatic carbocycles. The summed E-state index contributed by atoms with van der Waals surface area (Å²) in [6.45, 7) is 6.09. The molecule has 1 heterocycles. The van der Waals surface area contributed by atoms with Gasteiger partial charge in [0.25, 0.3) is 0 Å². The molecule has 1 fully saturated rings. The van der Waals surface area contributed by atoms with Gasteiger partial charge in [-0.3, -0.25) is 4.79 Å². The van der Waals surface area contributed by atoms with Crippen LogP contribution in [0.3, 0.4) is 0 Å². The zero-order valence-corrected chi connectivity index (χ0v) is 7.45. The highest BCUT2D eigenvalue weighted by Crippen LogP contribution is 2.25. The van der Waals surface area contributed by atoms with Crippen molar-refractivity contribution in [3.8, 4) is 0 Å². The van der Waals surface area contributed by atoms with Gasteiger partial charge in [0.15, 0.2) is 0 Å². The van der Waals surface area contributed by atoms with Crippen molar-refractivity contribution in [2.45, 2.75) is 25.2 Å². The lowest BCUT2D eigenvalue weighted by Gasteiger charge is -2.06. The molecule has 0 radical (unpaired) electrons. The molecule has 1 saturated heterocycles. The number of thioether (sulfide) groups is 1. The smallest absolute Gasteiger partial charge is 0.216 e. The zero-order valence-electron chi connectivity index (χ0n) is 6.63. The van der Waals surface area contributed by atoms with Gasteiger partial charge >= 0.3 is 0 Å². The molecule has 0 amide bonds. The third kappa shape index (κ3) is 2.67. The fourth-order valence-electron chi connectivity index (χ4n) is 0.861. The van der Waals surface area contributed by atoms with Gasteiger partial charge in [-0.15, -0.1) is 0 Å². The Hall–Kier alpha value is -0.280. The van der Waals surface area contributed by atoms with Crippen LogP contribution in [-0.2, 0) is 9.53 Å². The molecule has 1 aliphatic rings. The molecule has 1 aliphatic heterocycles. The first kappa shape index (κ1) is 8.81. The standard InChI is InChI=1S/C8H12O2S/c1-6(2)8(9)11-7-4-3-5-10-7/h7H,1,3-5H2,2H3. The molecule has 0 aliphatic carbocycles. The molecule has 3 heteroatoms. The monoisotopic (exact) mass is 172 g/mol. The molecule has 0 saturated carbocycles. The Kier molecular flexibility index (Phi) is 3.15. The van der Waals surface area contributed by atoms with E-state index in [0.29, 0.717) is 5.57 Å². The third-order valence-corrected chi connectivity index (χ3v) is 2.67. The summed E-state index contributed by atoms with van der Waals surface area (Å²) < 4.78 is 5.27. The predicted molar refractivity (Wildman–Crippen MR) is 46.4 cm³/mol. The predicted octanol–water partition coefficient (Wildman–Crippen LogP) is 1.96. The zero-order chi connectivity index (χ0) is 8.27. The van der Waals surface area contributed by atoms with Crippen molar-refractivity contribution in [1.29, 1.82) is 0 Å². The van der Waals surface area contributed by atoms with Crippen molar-refractivity contribution in [2.24, 2.45) is 0 Å². The molecule has 0 spiro atoms. The highest BCUT2D eigenvalue weighted by molar-refractivity contribution is 8.14. The Morgan fingerprint density at radius 3 is 2.91 bits per heavy atom. The maximum atomic E-state index is 11.1. The lowest BCUT2D eigenvalue weighted by Crippen LogP contribution is -2.04. The van der Waals surface area contributed by atoms with Crippen LogP contribution in [0.25, 0.3) is 0 Å². The Morgan fingerprint density at radius 2 is 2.45 bits per heavy atom. The highest BCUT2D eigenvalue weighted by atomic mass is 32.2. The number of carbonyl (C=O) groups excluding carboxylic acids is 1. The maximum Gasteiger partial charge on any atom is 0.216 e. The molecule has 0 aromatic heterocycles. The summed E-state index contributed by atoms with van der Waals surface area (Å²) in [4.78, 5) is 11.1. The largest absolute Gasteiger partial charge is 0.367 e. The van der Waals surface area contributed by atoms with Crippen molar-refractivity contribution < 1.29 is 9.53 Å². The molecule has 1 rings (SSSR count). The summed E-state index contributed by atoms with van der Waals surface area (Å²) in [6.07, 6.45) is 2.06. The quantitative estimate of drug-likeness (QED) is 0.596. The molecular formula is C8H12O2S. The van der Waals surface area contributed by atoms with E-state index in [-0.39, 0.29) is 10.6 Å². The minimum atomic E-state index is 0.0527. The molecule has 11 heavy (non-hydrogen) atoms. The Morgan fingerprint density at radius 1 is 1.73 bits per heavy atom. The summed E-state index contributed by atoms with van der Waals surface area (Å²) >= 11 is 1.25. The van der Waals surface area contributed by atoms with Crippen molar-refractivity contribution in [3.05, 3.63) is 12.2 Å². The van der Waals surface area contributed by atoms with Gasteiger partial charge in [0, 0.05) is 6.61 Å². The van der Waals surface area contributed by atoms with Crippen LogP contribution in [-0.4, -0.2) is 17.2 Å². The number of hydrogen-bond acceptors (Lipinski definition) is 3. The summed E-state index contributed by atoms with van der Waals surface area (Å²) in [5, 5.41) is 0.0527. The normalized spacial score (nSPS) is 23.5. The molecule has 0 aromatic rings. The lowest BCUT2D eigenvalue weighted by molar-refractivity contribution is -0.107. The van der Waals surface area contributed by atoms with Crippen LogP contribution in [0.2, 0.25) is 0 Å². The van der Waals surface area contributed by atoms with E-state index < -0.39 is 0 Å². The van der Waals surface area contributed by atoms with E-state index in [1.807, 2.05) is 0 Å². The van der Waals surface area contributed by atoms with Crippen molar-refractivity contribution in [3.63, 3.8) is 0 Å². The SMILES string of the molecule is C=C(C)C(=O)SC1CCCO1. The fourth-order valence-corrected chi connectivity index (χ4v) is 1.75. The minimum Gasteiger partial charge on any atom is -0.367 e. The summed E-state index contributed by atoms with van der Waals surface area (Å²) in [7, 11) is 0. The van der Waals surface area contributed by atoms with Gasteiger partial charge in [-0.25, -0.2) is 0 Å². The average Bonchev–Trinajstić information content (AvgIpc) is 2.39. The number of rotatable bonds is 2. The third-order valence-electron chi connectivity index (χ3n) is 1.47. The maximum absolute atomic E-state index is 11.1. The van der Waals surface area contributed by atoms with E-state index in [2.05, 4.69) is 6.58 Å². The minimum absolute atomic E-state index is 0.0527. The Labute approximate surface area is 71.0 Å². The second kappa shape index (κ2) is 3.93. The van der Waals surface area contributed by atoms with Crippen LogP contribution in [0, 0.1) is 0 Å². The van der Waals surface area contributed by atoms with E-state index in [0.717, 1.165) is 19.4 Å². The summed E-state index contributed by atoms with van der Waals surface area (Å²) in [5.41, 5.74) is 0.685. The van der Waals surface area contributed by atoms with Crippen molar-refractivity contribution >= 4 is 16.9 Å². The Balaban J connectivity index is 2.29. The van der Waals surface area contributed by atoms with Crippen molar-refractivity contribution in [2.75, 3.05) is 6.61 Å². The molecule has 1 unspecified atom stereocenters. The van der Waals surface area contributed by atoms with Crippen LogP contribution >= 0.6 is 11.8 Å². The van der Waals surface area contributed by atoms with Gasteiger partial charge in [-0.2, -0.15) is 0 Å². The van der Waals surface area contributed by atoms with Crippen molar-refractivity contribution in [1.82, 2.24) is 0 Å². The molecule has 0 bridgehead atoms. The molecular weight excluding hydrogens is 160 g/mol. The van der Waals surface area contributed by atoms with E-state index in [4.69, 9.17) is 4.74 Å². The number of hydrogen-bond donors (Lipinski definition) is 0. The van der Waals surface area contributed by atoms with E-state index in [1.54, 1.807) is 6.92 Å². The van der Waals surface area contributed by atoms with Gasteiger partial charge in [-0.05, 0) is 25.3 Å². The average molecular weight is 172 g/mol. The summed E-state index contributed by atoms with van der Waals surface area (Å²) in [6, 6.07) is 0. The van der Waals surface area contributed by atoms with Gasteiger partial charge in [0.1, 0.15) is 5.44 Å². The van der Waals surface area contributed by atoms with Gasteiger partial charge < -0.3 is 4.74 Å². The molecule has 0 N–H and O–H groups in total. The Bertz CT molecular complexity index is 171. The van der Waals surface area contributed by atoms with Crippen LogP contribution in [0.5, 0.6) is 0 Å². The van der Waals surface area contributed by atoms with Crippen LogP contribution in [0.1, 0.15) is 19.8 Å². The second-order valence-electron chi connectivity index (χ2n) is 2.63. The lowest BCUT2D eigenvalue weighted by atomic mass is 10.4. The number of carbonyl (C=O) groups is 1. The summed E-state index contributed by atoms with van der Waals surface area (Å²) in [5.74, 6) is 0. The number of ether oxygens (including phenoxy) is 1. The van der Waals surface area contributed by atoms with Gasteiger partial charge in [0.05, 0.1) is 0 Å². The first-order valence-electron chi connectivity index (χ1n) is 3.68. The highest BCUT2D eigenvalue weighted by Gasteiger charge is 2.19. The van der Waals surface area contributed by atoms with Crippen LogP contribution in [0.4, 0.5) is 0 Å². The molecule has 2 nitrogen and oxygen atoms in total. The van der Waals surface area contributed by atoms with Gasteiger partial charge in [0.2, 0.25) is 5.12 Å². The van der Waals surface area contributed by atoms with Gasteiger partial charge in [-0.1, -0.05) is 18.3 Å². The first-order valence-corrected chi connectivity index (χ1v) is 4.56. The molecule has 62 valence electrons.